The van der Waals surface area contributed by atoms with E-state index in [0.29, 0.717) is 11.4 Å². The minimum Gasteiger partial charge on any atom is -0.359 e. The Balaban J connectivity index is 1.54. The molecule has 4 nitrogen and oxygen atoms in total. The first-order chi connectivity index (χ1) is 12.7. The molecule has 0 radical (unpaired) electrons. The number of carbonyl (C=O) groups is 1. The van der Waals surface area contributed by atoms with Crippen LogP contribution in [0.25, 0.3) is 0 Å². The second-order valence-corrected chi connectivity index (χ2v) is 7.20. The van der Waals surface area contributed by atoms with Gasteiger partial charge in [-0.05, 0) is 37.1 Å². The summed E-state index contributed by atoms with van der Waals surface area (Å²) in [5.41, 5.74) is 2.99. The fraction of sp³-hybridized carbons (Fsp3) is 0.381. The number of halogens is 1. The molecule has 0 atom stereocenters. The molecule has 0 saturated carbocycles. The molecule has 3 rings (SSSR count). The van der Waals surface area contributed by atoms with E-state index in [0.717, 1.165) is 44.0 Å². The zero-order valence-corrected chi connectivity index (χ0v) is 16.1. The predicted octanol–water partition coefficient (Wildman–Crippen LogP) is 2.64. The van der Waals surface area contributed by atoms with E-state index in [1.165, 1.54) is 12.1 Å². The zero-order chi connectivity index (χ0) is 18.4. The molecular formula is C21H27ClN3O+. The molecule has 2 aromatic carbocycles. The highest BCUT2D eigenvalue weighted by Gasteiger charge is 2.20. The fourth-order valence-electron chi connectivity index (χ4n) is 3.38. The van der Waals surface area contributed by atoms with Crippen molar-refractivity contribution in [2.75, 3.05) is 42.9 Å². The van der Waals surface area contributed by atoms with E-state index in [9.17, 15) is 4.79 Å². The topological polar surface area (TPSA) is 36.8 Å². The van der Waals surface area contributed by atoms with Crippen molar-refractivity contribution in [1.82, 2.24) is 0 Å². The maximum Gasteiger partial charge on any atom is 0.224 e. The van der Waals surface area contributed by atoms with Crippen LogP contribution in [0.5, 0.6) is 0 Å². The molecule has 1 aliphatic heterocycles. The number of likely N-dealkylation sites (N-methyl/N-ethyl adjacent to an activating group) is 1. The molecule has 1 aliphatic rings. The Morgan fingerprint density at radius 3 is 2.54 bits per heavy atom. The molecule has 1 amide bonds. The van der Waals surface area contributed by atoms with Crippen LogP contribution in [0.3, 0.4) is 0 Å². The highest BCUT2D eigenvalue weighted by atomic mass is 35.5. The third-order valence-electron chi connectivity index (χ3n) is 5.03. The van der Waals surface area contributed by atoms with Gasteiger partial charge in [0.1, 0.15) is 0 Å². The number of nitrogens with zero attached hydrogens (tertiary/aromatic N) is 1. The summed E-state index contributed by atoms with van der Waals surface area (Å²) in [5.74, 6) is 0.0119. The number of hydrogen-bond donors (Lipinski definition) is 2. The van der Waals surface area contributed by atoms with Gasteiger partial charge in [0.15, 0.2) is 0 Å². The molecule has 2 N–H and O–H groups in total. The predicted molar refractivity (Wildman–Crippen MR) is 108 cm³/mol. The third kappa shape index (κ3) is 4.99. The molecule has 1 saturated heterocycles. The Labute approximate surface area is 160 Å². The number of quaternary nitrogens is 1. The quantitative estimate of drug-likeness (QED) is 0.817. The first-order valence-electron chi connectivity index (χ1n) is 9.37. The average molecular weight is 373 g/mol. The fourth-order valence-corrected chi connectivity index (χ4v) is 3.68. The van der Waals surface area contributed by atoms with Crippen molar-refractivity contribution < 1.29 is 9.69 Å². The van der Waals surface area contributed by atoms with Gasteiger partial charge in [-0.1, -0.05) is 41.9 Å². The molecule has 0 aliphatic carbocycles. The van der Waals surface area contributed by atoms with Crippen molar-refractivity contribution in [2.45, 2.75) is 19.8 Å². The largest absolute Gasteiger partial charge is 0.359 e. The van der Waals surface area contributed by atoms with Gasteiger partial charge in [0, 0.05) is 12.1 Å². The van der Waals surface area contributed by atoms with Crippen molar-refractivity contribution in [1.29, 1.82) is 0 Å². The Bertz CT molecular complexity index is 727. The molecule has 0 spiro atoms. The minimum absolute atomic E-state index is 0.0119. The number of amides is 1. The Hall–Kier alpha value is -2.04. The van der Waals surface area contributed by atoms with E-state index in [4.69, 9.17) is 11.6 Å². The number of aryl methyl sites for hydroxylation is 1. The van der Waals surface area contributed by atoms with Crippen LogP contribution in [-0.2, 0) is 11.2 Å². The minimum atomic E-state index is 0.0119. The van der Waals surface area contributed by atoms with Gasteiger partial charge < -0.3 is 15.1 Å². The second kappa shape index (κ2) is 9.06. The van der Waals surface area contributed by atoms with Gasteiger partial charge in [-0.25, -0.2) is 0 Å². The lowest BCUT2D eigenvalue weighted by Crippen LogP contribution is -3.14. The summed E-state index contributed by atoms with van der Waals surface area (Å²) < 4.78 is 0. The summed E-state index contributed by atoms with van der Waals surface area (Å²) >= 11 is 6.49. The van der Waals surface area contributed by atoms with Gasteiger partial charge in [0.25, 0.3) is 0 Å². The number of benzene rings is 2. The Morgan fingerprint density at radius 2 is 1.88 bits per heavy atom. The zero-order valence-electron chi connectivity index (χ0n) is 15.3. The van der Waals surface area contributed by atoms with Crippen molar-refractivity contribution in [3.63, 3.8) is 0 Å². The molecule has 2 aromatic rings. The van der Waals surface area contributed by atoms with Crippen LogP contribution in [0.1, 0.15) is 18.9 Å². The van der Waals surface area contributed by atoms with E-state index < -0.39 is 0 Å². The van der Waals surface area contributed by atoms with Crippen LogP contribution in [0, 0.1) is 0 Å². The van der Waals surface area contributed by atoms with Gasteiger partial charge in [-0.15, -0.1) is 0 Å². The second-order valence-electron chi connectivity index (χ2n) is 6.79. The SMILES string of the molecule is CC[NH+]1CCN(c2ccc(NC(=O)CCc3ccccc3)cc2Cl)CC1. The van der Waals surface area contributed by atoms with E-state index >= 15 is 0 Å². The number of hydrogen-bond acceptors (Lipinski definition) is 2. The summed E-state index contributed by atoms with van der Waals surface area (Å²) in [7, 11) is 0. The van der Waals surface area contributed by atoms with Crippen molar-refractivity contribution in [2.24, 2.45) is 0 Å². The maximum atomic E-state index is 12.2. The first kappa shape index (κ1) is 18.7. The van der Waals surface area contributed by atoms with E-state index in [1.807, 2.05) is 48.5 Å². The molecule has 138 valence electrons. The number of piperazine rings is 1. The first-order valence-corrected chi connectivity index (χ1v) is 9.75. The monoisotopic (exact) mass is 372 g/mol. The number of rotatable bonds is 6. The van der Waals surface area contributed by atoms with Crippen LogP contribution in [-0.4, -0.2) is 38.6 Å². The van der Waals surface area contributed by atoms with Gasteiger partial charge >= 0.3 is 0 Å². The summed E-state index contributed by atoms with van der Waals surface area (Å²) in [6, 6.07) is 15.9. The molecule has 1 fully saturated rings. The van der Waals surface area contributed by atoms with Gasteiger partial charge in [0.05, 0.1) is 43.4 Å². The molecule has 26 heavy (non-hydrogen) atoms. The van der Waals surface area contributed by atoms with Gasteiger partial charge in [-0.2, -0.15) is 0 Å². The van der Waals surface area contributed by atoms with Crippen molar-refractivity contribution in [3.8, 4) is 0 Å². The van der Waals surface area contributed by atoms with Crippen LogP contribution in [0.4, 0.5) is 11.4 Å². The van der Waals surface area contributed by atoms with E-state index in [-0.39, 0.29) is 5.91 Å². The highest BCUT2D eigenvalue weighted by Crippen LogP contribution is 2.29. The van der Waals surface area contributed by atoms with Crippen molar-refractivity contribution in [3.05, 3.63) is 59.1 Å². The van der Waals surface area contributed by atoms with E-state index in [2.05, 4.69) is 17.1 Å². The smallest absolute Gasteiger partial charge is 0.224 e. The summed E-state index contributed by atoms with van der Waals surface area (Å²) in [4.78, 5) is 16.2. The van der Waals surface area contributed by atoms with Crippen LogP contribution in [0.15, 0.2) is 48.5 Å². The normalized spacial score (nSPS) is 15.1. The van der Waals surface area contributed by atoms with Crippen LogP contribution >= 0.6 is 11.6 Å². The summed E-state index contributed by atoms with van der Waals surface area (Å²) in [5, 5.41) is 3.65. The van der Waals surface area contributed by atoms with Gasteiger partial charge in [-0.3, -0.25) is 4.79 Å². The van der Waals surface area contributed by atoms with Crippen molar-refractivity contribution >= 4 is 28.9 Å². The number of anilines is 2. The number of carbonyl (C=O) groups excluding carboxylic acids is 1. The molecular weight excluding hydrogens is 346 g/mol. The maximum absolute atomic E-state index is 12.2. The molecule has 5 heteroatoms. The summed E-state index contributed by atoms with van der Waals surface area (Å²) in [6.45, 7) is 7.73. The molecule has 0 aromatic heterocycles. The lowest BCUT2D eigenvalue weighted by molar-refractivity contribution is -0.898. The molecule has 0 bridgehead atoms. The molecule has 1 heterocycles. The highest BCUT2D eigenvalue weighted by molar-refractivity contribution is 6.33. The van der Waals surface area contributed by atoms with Crippen LogP contribution < -0.4 is 15.1 Å². The summed E-state index contributed by atoms with van der Waals surface area (Å²) in [6.07, 6.45) is 1.20. The van der Waals surface area contributed by atoms with Crippen LogP contribution in [0.2, 0.25) is 5.02 Å². The third-order valence-corrected chi connectivity index (χ3v) is 5.33. The Kier molecular flexibility index (Phi) is 6.53. The lowest BCUT2D eigenvalue weighted by atomic mass is 10.1. The number of nitrogens with one attached hydrogen (secondary N) is 2. The standard InChI is InChI=1S/C21H26ClN3O/c1-2-24-12-14-25(15-13-24)20-10-9-18(16-19(20)22)23-21(26)11-8-17-6-4-3-5-7-17/h3-7,9-10,16H,2,8,11-15H2,1H3,(H,23,26)/p+1. The van der Waals surface area contributed by atoms with E-state index in [1.54, 1.807) is 4.90 Å². The Morgan fingerprint density at radius 1 is 1.15 bits per heavy atom. The molecule has 0 unspecified atom stereocenters. The van der Waals surface area contributed by atoms with Gasteiger partial charge in [0.2, 0.25) is 5.91 Å². The average Bonchev–Trinajstić information content (AvgIpc) is 2.67. The lowest BCUT2D eigenvalue weighted by Gasteiger charge is -2.33.